The molecule has 8 heteroatoms. The minimum absolute atomic E-state index is 0.0771. The van der Waals surface area contributed by atoms with E-state index >= 15 is 0 Å². The number of amides is 1. The minimum atomic E-state index is -0.768. The average Bonchev–Trinajstić information content (AvgIpc) is 2.81. The Hall–Kier alpha value is -2.57. The number of nitrogens with zero attached hydrogens (tertiary/aromatic N) is 1. The number of halogens is 2. The van der Waals surface area contributed by atoms with Crippen LogP contribution in [0.4, 0.5) is 4.79 Å². The molecule has 6 nitrogen and oxygen atoms in total. The second-order valence-corrected chi connectivity index (χ2v) is 10.4. The average molecular weight is 518 g/mol. The van der Waals surface area contributed by atoms with Crippen molar-refractivity contribution in [3.63, 3.8) is 0 Å². The van der Waals surface area contributed by atoms with Crippen LogP contribution in [0, 0.1) is 5.92 Å². The molecule has 1 fully saturated rings. The van der Waals surface area contributed by atoms with Crippen LogP contribution in [-0.2, 0) is 40.1 Å². The molecule has 0 saturated heterocycles. The topological polar surface area (TPSA) is 83.9 Å². The highest BCUT2D eigenvalue weighted by atomic mass is 35.5. The summed E-state index contributed by atoms with van der Waals surface area (Å²) < 4.78 is 5.72. The minimum Gasteiger partial charge on any atom is -0.481 e. The first-order valence-corrected chi connectivity index (χ1v) is 12.8. The van der Waals surface area contributed by atoms with E-state index in [9.17, 15) is 14.4 Å². The molecule has 0 aromatic heterocycles. The predicted molar refractivity (Wildman–Crippen MR) is 134 cm³/mol. The van der Waals surface area contributed by atoms with Gasteiger partial charge in [-0.3, -0.25) is 9.59 Å². The first kappa shape index (κ1) is 25.5. The van der Waals surface area contributed by atoms with E-state index in [1.165, 1.54) is 0 Å². The smallest absolute Gasteiger partial charge is 0.410 e. The zero-order valence-corrected chi connectivity index (χ0v) is 21.0. The van der Waals surface area contributed by atoms with Crippen molar-refractivity contribution in [3.8, 4) is 0 Å². The van der Waals surface area contributed by atoms with E-state index in [1.54, 1.807) is 23.1 Å². The third-order valence-electron chi connectivity index (χ3n) is 6.87. The van der Waals surface area contributed by atoms with E-state index in [2.05, 4.69) is 6.07 Å². The monoisotopic (exact) mass is 517 g/mol. The number of carbonyl (C=O) groups is 3. The van der Waals surface area contributed by atoms with E-state index < -0.39 is 5.97 Å². The first-order valence-electron chi connectivity index (χ1n) is 12.0. The number of benzene rings is 2. The van der Waals surface area contributed by atoms with E-state index in [0.29, 0.717) is 48.8 Å². The van der Waals surface area contributed by atoms with Gasteiger partial charge in [0.25, 0.3) is 0 Å². The highest BCUT2D eigenvalue weighted by molar-refractivity contribution is 6.35. The molecule has 1 aliphatic carbocycles. The second-order valence-electron chi connectivity index (χ2n) is 9.53. The van der Waals surface area contributed by atoms with Crippen molar-refractivity contribution < 1.29 is 24.2 Å². The molecule has 4 rings (SSSR count). The van der Waals surface area contributed by atoms with Crippen molar-refractivity contribution in [2.45, 2.75) is 64.0 Å². The molecule has 2 aliphatic rings. The highest BCUT2D eigenvalue weighted by Gasteiger charge is 2.28. The van der Waals surface area contributed by atoms with Gasteiger partial charge in [0.05, 0.1) is 0 Å². The van der Waals surface area contributed by atoms with Gasteiger partial charge >= 0.3 is 12.1 Å². The van der Waals surface area contributed by atoms with Crippen molar-refractivity contribution in [3.05, 3.63) is 68.7 Å². The largest absolute Gasteiger partial charge is 0.481 e. The number of hydrogen-bond acceptors (Lipinski definition) is 4. The number of carboxylic acids is 1. The lowest BCUT2D eigenvalue weighted by atomic mass is 9.85. The number of rotatable bonds is 7. The number of hydrogen-bond donors (Lipinski definition) is 1. The SMILES string of the molecule is O=C(O)CC1CCC(OC(=O)N2CCc3cc(CC(=O)Cc4ccc(Cl)cc4Cl)ccc3C2)CC1. The molecule has 0 radical (unpaired) electrons. The number of aliphatic carboxylic acids is 1. The number of ether oxygens (including phenoxy) is 1. The Labute approximate surface area is 215 Å². The van der Waals surface area contributed by atoms with Crippen LogP contribution in [0.25, 0.3) is 0 Å². The second kappa shape index (κ2) is 11.4. The normalized spacial score (nSPS) is 19.7. The number of ketones is 1. The van der Waals surface area contributed by atoms with Crippen LogP contribution in [0.2, 0.25) is 10.0 Å². The van der Waals surface area contributed by atoms with Gasteiger partial charge in [-0.1, -0.05) is 47.5 Å². The maximum atomic E-state index is 12.7. The van der Waals surface area contributed by atoms with E-state index in [4.69, 9.17) is 33.0 Å². The molecule has 0 unspecified atom stereocenters. The Kier molecular flexibility index (Phi) is 8.34. The van der Waals surface area contributed by atoms with Gasteiger partial charge in [0, 0.05) is 42.4 Å². The molecule has 0 atom stereocenters. The predicted octanol–water partition coefficient (Wildman–Crippen LogP) is 5.88. The lowest BCUT2D eigenvalue weighted by Crippen LogP contribution is -2.39. The van der Waals surface area contributed by atoms with Gasteiger partial charge in [-0.15, -0.1) is 0 Å². The summed E-state index contributed by atoms with van der Waals surface area (Å²) >= 11 is 12.1. The molecule has 0 bridgehead atoms. The van der Waals surface area contributed by atoms with E-state index in [1.807, 2.05) is 12.1 Å². The molecule has 1 N–H and O–H groups in total. The molecule has 1 saturated carbocycles. The van der Waals surface area contributed by atoms with E-state index in [0.717, 1.165) is 35.1 Å². The van der Waals surface area contributed by atoms with Crippen molar-refractivity contribution in [1.82, 2.24) is 4.90 Å². The van der Waals surface area contributed by atoms with Gasteiger partial charge in [0.1, 0.15) is 11.9 Å². The van der Waals surface area contributed by atoms with Gasteiger partial charge in [-0.05, 0) is 72.4 Å². The number of carbonyl (C=O) groups excluding carboxylic acids is 2. The van der Waals surface area contributed by atoms with Crippen molar-refractivity contribution in [2.75, 3.05) is 6.54 Å². The molecule has 186 valence electrons. The van der Waals surface area contributed by atoms with Crippen molar-refractivity contribution in [1.29, 1.82) is 0 Å². The summed E-state index contributed by atoms with van der Waals surface area (Å²) in [6.07, 6.45) is 4.00. The Balaban J connectivity index is 1.28. The van der Waals surface area contributed by atoms with Crippen LogP contribution in [0.3, 0.4) is 0 Å². The third-order valence-corrected chi connectivity index (χ3v) is 7.46. The van der Waals surface area contributed by atoms with Gasteiger partial charge < -0.3 is 14.7 Å². The summed E-state index contributed by atoms with van der Waals surface area (Å²) in [6, 6.07) is 11.2. The summed E-state index contributed by atoms with van der Waals surface area (Å²) in [5, 5.41) is 9.99. The fourth-order valence-corrected chi connectivity index (χ4v) is 5.43. The molecule has 1 aliphatic heterocycles. The molecule has 2 aromatic rings. The summed E-state index contributed by atoms with van der Waals surface area (Å²) in [6.45, 7) is 1.05. The van der Waals surface area contributed by atoms with Gasteiger partial charge in [0.15, 0.2) is 0 Å². The molecule has 2 aromatic carbocycles. The van der Waals surface area contributed by atoms with E-state index in [-0.39, 0.29) is 36.7 Å². The molecule has 1 amide bonds. The Morgan fingerprint density at radius 2 is 1.74 bits per heavy atom. The van der Waals surface area contributed by atoms with Crippen LogP contribution < -0.4 is 0 Å². The van der Waals surface area contributed by atoms with Crippen LogP contribution >= 0.6 is 23.2 Å². The van der Waals surface area contributed by atoms with Gasteiger partial charge in [-0.2, -0.15) is 0 Å². The first-order chi connectivity index (χ1) is 16.8. The standard InChI is InChI=1S/C27H29Cl2NO5/c28-22-6-5-20(25(29)15-22)14-23(31)12-18-1-4-21-16-30(10-9-19(21)11-18)27(34)35-24-7-2-17(3-8-24)13-26(32)33/h1,4-6,11,15,17,24H,2-3,7-10,12-14,16H2,(H,32,33). The summed E-state index contributed by atoms with van der Waals surface area (Å²) in [7, 11) is 0. The van der Waals surface area contributed by atoms with Crippen LogP contribution in [0.15, 0.2) is 36.4 Å². The fraction of sp³-hybridized carbons (Fsp3) is 0.444. The van der Waals surface area contributed by atoms with Crippen LogP contribution in [0.1, 0.15) is 54.4 Å². The fourth-order valence-electron chi connectivity index (χ4n) is 4.96. The summed E-state index contributed by atoms with van der Waals surface area (Å²) in [4.78, 5) is 37.9. The quantitative estimate of drug-likeness (QED) is 0.495. The number of fused-ring (bicyclic) bond motifs is 1. The van der Waals surface area contributed by atoms with Crippen molar-refractivity contribution in [2.24, 2.45) is 5.92 Å². The highest BCUT2D eigenvalue weighted by Crippen LogP contribution is 2.30. The molecule has 35 heavy (non-hydrogen) atoms. The Bertz CT molecular complexity index is 1110. The molecule has 0 spiro atoms. The van der Waals surface area contributed by atoms with Gasteiger partial charge in [0.2, 0.25) is 0 Å². The molecular formula is C27H29Cl2NO5. The zero-order chi connectivity index (χ0) is 24.9. The maximum absolute atomic E-state index is 12.7. The van der Waals surface area contributed by atoms with Gasteiger partial charge in [-0.25, -0.2) is 4.79 Å². The van der Waals surface area contributed by atoms with Crippen LogP contribution in [0.5, 0.6) is 0 Å². The zero-order valence-electron chi connectivity index (χ0n) is 19.5. The summed E-state index contributed by atoms with van der Waals surface area (Å²) in [5.74, 6) is -0.516. The van der Waals surface area contributed by atoms with Crippen molar-refractivity contribution >= 4 is 41.0 Å². The maximum Gasteiger partial charge on any atom is 0.410 e. The lowest BCUT2D eigenvalue weighted by Gasteiger charge is -2.32. The number of carboxylic acid groups (broad SMARTS) is 1. The lowest BCUT2D eigenvalue weighted by molar-refractivity contribution is -0.138. The third kappa shape index (κ3) is 6.98. The number of Topliss-reactive ketones (excluding diaryl/α,β-unsaturated/α-hetero) is 1. The summed E-state index contributed by atoms with van der Waals surface area (Å²) in [5.41, 5.74) is 3.94. The Morgan fingerprint density at radius 1 is 0.971 bits per heavy atom. The van der Waals surface area contributed by atoms with Crippen LogP contribution in [-0.4, -0.2) is 40.5 Å². The molecule has 1 heterocycles. The Morgan fingerprint density at radius 3 is 2.46 bits per heavy atom. The molecular weight excluding hydrogens is 489 g/mol.